The fraction of sp³-hybridized carbons (Fsp3) is 0.727. The Morgan fingerprint density at radius 1 is 1.16 bits per heavy atom. The van der Waals surface area contributed by atoms with Gasteiger partial charge in [0, 0.05) is 32.7 Å². The van der Waals surface area contributed by atoms with Crippen LogP contribution in [0, 0.1) is 11.8 Å². The van der Waals surface area contributed by atoms with E-state index in [0.29, 0.717) is 37.1 Å². The molecular formula is C22H40N2O6S. The van der Waals surface area contributed by atoms with Gasteiger partial charge in [0.05, 0.1) is 25.6 Å². The maximum atomic E-state index is 11.6. The van der Waals surface area contributed by atoms with Crippen LogP contribution in [0.4, 0.5) is 0 Å². The molecule has 0 unspecified atom stereocenters. The molecule has 0 spiro atoms. The lowest BCUT2D eigenvalue weighted by Gasteiger charge is -2.27. The van der Waals surface area contributed by atoms with Crippen LogP contribution in [-0.2, 0) is 21.2 Å². The Bertz CT molecular complexity index is 742. The number of methoxy groups -OCH3 is 2. The highest BCUT2D eigenvalue weighted by Crippen LogP contribution is 2.31. The van der Waals surface area contributed by atoms with Crippen molar-refractivity contribution in [1.29, 1.82) is 0 Å². The molecule has 0 saturated heterocycles. The minimum absolute atomic E-state index is 0.0308. The van der Waals surface area contributed by atoms with E-state index in [-0.39, 0.29) is 18.2 Å². The van der Waals surface area contributed by atoms with Gasteiger partial charge in [-0.3, -0.25) is 0 Å². The Balaban J connectivity index is 2.78. The third kappa shape index (κ3) is 10.2. The highest BCUT2D eigenvalue weighted by atomic mass is 32.2. The summed E-state index contributed by atoms with van der Waals surface area (Å²) < 4.78 is 41.9. The third-order valence-corrected chi connectivity index (χ3v) is 6.75. The lowest BCUT2D eigenvalue weighted by atomic mass is 9.83. The van der Waals surface area contributed by atoms with E-state index < -0.39 is 22.2 Å². The topological polar surface area (TPSA) is 120 Å². The molecule has 0 aliphatic rings. The zero-order valence-corrected chi connectivity index (χ0v) is 20.3. The molecule has 0 radical (unpaired) electrons. The lowest BCUT2D eigenvalue weighted by molar-refractivity contribution is 0.129. The summed E-state index contributed by atoms with van der Waals surface area (Å²) in [7, 11) is -0.0909. The number of rotatable bonds is 16. The summed E-state index contributed by atoms with van der Waals surface area (Å²) in [5.74, 6) is 1.88. The molecule has 180 valence electrons. The van der Waals surface area contributed by atoms with Gasteiger partial charge in [0.15, 0.2) is 11.5 Å². The molecule has 1 aromatic rings. The third-order valence-electron chi connectivity index (χ3n) is 5.38. The average molecular weight is 461 g/mol. The van der Waals surface area contributed by atoms with E-state index in [9.17, 15) is 13.5 Å². The quantitative estimate of drug-likeness (QED) is 0.322. The first-order chi connectivity index (χ1) is 14.6. The molecule has 0 aromatic heterocycles. The van der Waals surface area contributed by atoms with Crippen LogP contribution in [0.1, 0.15) is 39.2 Å². The zero-order valence-electron chi connectivity index (χ0n) is 19.5. The average Bonchev–Trinajstić information content (AvgIpc) is 2.74. The maximum absolute atomic E-state index is 11.6. The van der Waals surface area contributed by atoms with E-state index in [0.717, 1.165) is 18.4 Å². The van der Waals surface area contributed by atoms with Crippen LogP contribution in [0.15, 0.2) is 18.2 Å². The Labute approximate surface area is 187 Å². The zero-order chi connectivity index (χ0) is 23.4. The first kappa shape index (κ1) is 27.6. The maximum Gasteiger partial charge on any atom is 0.211 e. The van der Waals surface area contributed by atoms with Gasteiger partial charge in [-0.15, -0.1) is 0 Å². The molecule has 1 aromatic carbocycles. The van der Waals surface area contributed by atoms with Crippen molar-refractivity contribution >= 4 is 10.0 Å². The molecule has 3 atom stereocenters. The van der Waals surface area contributed by atoms with Gasteiger partial charge in [0.1, 0.15) is 0 Å². The van der Waals surface area contributed by atoms with E-state index in [1.165, 1.54) is 0 Å². The van der Waals surface area contributed by atoms with Crippen LogP contribution in [-0.4, -0.2) is 65.4 Å². The van der Waals surface area contributed by atoms with E-state index in [1.807, 2.05) is 18.2 Å². The Morgan fingerprint density at radius 2 is 1.87 bits per heavy atom. The number of nitrogens with one attached hydrogen (secondary N) is 1. The summed E-state index contributed by atoms with van der Waals surface area (Å²) >= 11 is 0. The van der Waals surface area contributed by atoms with Crippen molar-refractivity contribution in [3.05, 3.63) is 23.8 Å². The molecule has 0 saturated carbocycles. The number of sulfonamides is 1. The van der Waals surface area contributed by atoms with Crippen LogP contribution in [0.2, 0.25) is 0 Å². The molecule has 0 fully saturated rings. The van der Waals surface area contributed by atoms with Gasteiger partial charge in [-0.25, -0.2) is 13.1 Å². The normalized spacial score (nSPS) is 15.0. The molecule has 0 aliphatic carbocycles. The van der Waals surface area contributed by atoms with Gasteiger partial charge in [0.2, 0.25) is 10.0 Å². The monoisotopic (exact) mass is 460 g/mol. The van der Waals surface area contributed by atoms with Gasteiger partial charge in [-0.2, -0.15) is 0 Å². The Kier molecular flexibility index (Phi) is 12.4. The smallest absolute Gasteiger partial charge is 0.211 e. The second-order valence-electron chi connectivity index (χ2n) is 8.11. The van der Waals surface area contributed by atoms with Crippen LogP contribution >= 0.6 is 0 Å². The van der Waals surface area contributed by atoms with Crippen LogP contribution in [0.5, 0.6) is 11.5 Å². The summed E-state index contributed by atoms with van der Waals surface area (Å²) in [6.07, 6.45) is 1.17. The van der Waals surface area contributed by atoms with Crippen molar-refractivity contribution in [1.82, 2.24) is 4.72 Å². The fourth-order valence-electron chi connectivity index (χ4n) is 3.21. The van der Waals surface area contributed by atoms with Crippen molar-refractivity contribution in [2.24, 2.45) is 17.6 Å². The predicted octanol–water partition coefficient (Wildman–Crippen LogP) is 1.94. The number of aliphatic hydroxyl groups excluding tert-OH is 1. The Morgan fingerprint density at radius 3 is 2.45 bits per heavy atom. The Hall–Kier alpha value is -1.39. The summed E-state index contributed by atoms with van der Waals surface area (Å²) in [6, 6.07) is 5.36. The van der Waals surface area contributed by atoms with Gasteiger partial charge in [-0.05, 0) is 49.3 Å². The number of hydrogen-bond donors (Lipinski definition) is 3. The molecule has 4 N–H and O–H groups in total. The molecule has 31 heavy (non-hydrogen) atoms. The van der Waals surface area contributed by atoms with Gasteiger partial charge >= 0.3 is 0 Å². The molecule has 0 amide bonds. The molecule has 0 aliphatic heterocycles. The minimum Gasteiger partial charge on any atom is -0.493 e. The predicted molar refractivity (Wildman–Crippen MR) is 123 cm³/mol. The van der Waals surface area contributed by atoms with Crippen molar-refractivity contribution < 1.29 is 27.7 Å². The number of hydrogen-bond acceptors (Lipinski definition) is 7. The van der Waals surface area contributed by atoms with Gasteiger partial charge in [-0.1, -0.05) is 19.9 Å². The van der Waals surface area contributed by atoms with Crippen molar-refractivity contribution in [2.45, 2.75) is 52.2 Å². The lowest BCUT2D eigenvalue weighted by Crippen LogP contribution is -2.45. The molecule has 8 nitrogen and oxygen atoms in total. The number of ether oxygens (including phenoxy) is 3. The van der Waals surface area contributed by atoms with Crippen molar-refractivity contribution in [2.75, 3.05) is 39.7 Å². The second kappa shape index (κ2) is 13.9. The SMILES string of the molecule is CCS(=O)(=O)NC[C@H](O)[C@@H](N)C[C@H](Cc1ccc(OC)c(OCCCOC)c1)C(C)C. The largest absolute Gasteiger partial charge is 0.493 e. The van der Waals surface area contributed by atoms with Crippen LogP contribution < -0.4 is 19.9 Å². The van der Waals surface area contributed by atoms with Crippen LogP contribution in [0.3, 0.4) is 0 Å². The minimum atomic E-state index is -3.36. The van der Waals surface area contributed by atoms with Crippen molar-refractivity contribution in [3.8, 4) is 11.5 Å². The summed E-state index contributed by atoms with van der Waals surface area (Å²) in [4.78, 5) is 0. The standard InChI is InChI=1S/C22H40N2O6S/c1-6-31(26,27)24-15-20(25)19(23)14-18(16(2)3)12-17-8-9-21(29-5)22(13-17)30-11-7-10-28-4/h8-9,13,16,18-20,24-25H,6-7,10-12,14-15,23H2,1-5H3/t18-,19-,20-/m0/s1. The summed E-state index contributed by atoms with van der Waals surface area (Å²) in [6.45, 7) is 6.88. The molecule has 0 bridgehead atoms. The molecule has 0 heterocycles. The highest BCUT2D eigenvalue weighted by Gasteiger charge is 2.24. The molecule has 9 heteroatoms. The first-order valence-electron chi connectivity index (χ1n) is 10.8. The number of benzene rings is 1. The fourth-order valence-corrected chi connectivity index (χ4v) is 3.84. The van der Waals surface area contributed by atoms with E-state index >= 15 is 0 Å². The van der Waals surface area contributed by atoms with Gasteiger partial charge in [0.25, 0.3) is 0 Å². The molecular weight excluding hydrogens is 420 g/mol. The second-order valence-corrected chi connectivity index (χ2v) is 10.2. The van der Waals surface area contributed by atoms with E-state index in [4.69, 9.17) is 19.9 Å². The van der Waals surface area contributed by atoms with Crippen molar-refractivity contribution in [3.63, 3.8) is 0 Å². The summed E-state index contributed by atoms with van der Waals surface area (Å²) in [5.41, 5.74) is 7.30. The first-order valence-corrected chi connectivity index (χ1v) is 12.5. The van der Waals surface area contributed by atoms with E-state index in [2.05, 4.69) is 18.6 Å². The van der Waals surface area contributed by atoms with Gasteiger partial charge < -0.3 is 25.1 Å². The number of nitrogens with two attached hydrogens (primary N) is 1. The number of aliphatic hydroxyl groups is 1. The van der Waals surface area contributed by atoms with Crippen LogP contribution in [0.25, 0.3) is 0 Å². The molecule has 1 rings (SSSR count). The highest BCUT2D eigenvalue weighted by molar-refractivity contribution is 7.89. The summed E-state index contributed by atoms with van der Waals surface area (Å²) in [5, 5.41) is 10.3. The van der Waals surface area contributed by atoms with E-state index in [1.54, 1.807) is 21.1 Å².